The molecule has 1 aliphatic carbocycles. The second-order valence-corrected chi connectivity index (χ2v) is 16.7. The number of nitrogens with zero attached hydrogens (tertiary/aromatic N) is 7. The number of hydrogen-bond acceptors (Lipinski definition) is 9. The normalized spacial score (nSPS) is 20.0. The van der Waals surface area contributed by atoms with Gasteiger partial charge in [-0.15, -0.1) is 0 Å². The molecule has 9 rings (SSSR count). The smallest absolute Gasteiger partial charge is 0.308 e. The molecule has 2 saturated heterocycles. The molecule has 3 fully saturated rings. The molecule has 7 heterocycles. The Bertz CT molecular complexity index is 2170. The van der Waals surface area contributed by atoms with Crippen molar-refractivity contribution in [2.45, 2.75) is 84.7 Å². The third kappa shape index (κ3) is 6.07. The molecular formula is C41H46ClN7O3. The minimum absolute atomic E-state index is 0.162. The molecule has 10 nitrogen and oxygen atoms in total. The van der Waals surface area contributed by atoms with Crippen molar-refractivity contribution in [2.75, 3.05) is 42.5 Å². The molecule has 0 atom stereocenters. The Labute approximate surface area is 309 Å². The second-order valence-electron chi connectivity index (χ2n) is 16.4. The van der Waals surface area contributed by atoms with E-state index in [1.807, 2.05) is 12.1 Å². The maximum Gasteiger partial charge on any atom is 0.308 e. The number of anilines is 2. The van der Waals surface area contributed by atoms with Crippen LogP contribution in [-0.2, 0) is 30.7 Å². The van der Waals surface area contributed by atoms with E-state index in [2.05, 4.69) is 61.7 Å². The van der Waals surface area contributed by atoms with E-state index in [1.54, 1.807) is 12.5 Å². The molecule has 1 N–H and O–H groups in total. The van der Waals surface area contributed by atoms with Crippen molar-refractivity contribution in [3.05, 3.63) is 70.4 Å². The molecule has 1 saturated carbocycles. The molecule has 5 aromatic rings. The zero-order valence-electron chi connectivity index (χ0n) is 30.1. The molecule has 1 spiro atoms. The molecule has 0 radical (unpaired) electrons. The highest BCUT2D eigenvalue weighted by Gasteiger charge is 2.40. The number of carbonyl (C=O) groups is 1. The Balaban J connectivity index is 1.10. The fourth-order valence-corrected chi connectivity index (χ4v) is 9.38. The number of likely N-dealkylation sites (tertiary alicyclic amines) is 1. The average molecular weight is 720 g/mol. The van der Waals surface area contributed by atoms with Crippen LogP contribution in [0.15, 0.2) is 47.3 Å². The lowest BCUT2D eigenvalue weighted by atomic mass is 9.63. The predicted molar refractivity (Wildman–Crippen MR) is 204 cm³/mol. The van der Waals surface area contributed by atoms with Gasteiger partial charge in [-0.05, 0) is 97.7 Å². The number of aromatic nitrogens is 4. The van der Waals surface area contributed by atoms with Crippen LogP contribution in [0.4, 0.5) is 11.5 Å². The highest BCUT2D eigenvalue weighted by Crippen LogP contribution is 2.50. The first-order valence-electron chi connectivity index (χ1n) is 18.9. The Hall–Kier alpha value is -4.28. The van der Waals surface area contributed by atoms with Crippen LogP contribution in [0.25, 0.3) is 33.3 Å². The number of hydrogen-bond donors (Lipinski definition) is 1. The van der Waals surface area contributed by atoms with E-state index in [0.29, 0.717) is 40.5 Å². The van der Waals surface area contributed by atoms with Crippen LogP contribution >= 0.6 is 11.6 Å². The van der Waals surface area contributed by atoms with E-state index in [0.717, 1.165) is 91.2 Å². The van der Waals surface area contributed by atoms with Gasteiger partial charge in [-0.1, -0.05) is 50.1 Å². The van der Waals surface area contributed by atoms with Gasteiger partial charge in [0.1, 0.15) is 17.0 Å². The molecule has 3 aliphatic heterocycles. The molecule has 52 heavy (non-hydrogen) atoms. The quantitative estimate of drug-likeness (QED) is 0.166. The lowest BCUT2D eigenvalue weighted by Crippen LogP contribution is -2.43. The Morgan fingerprint density at radius 3 is 2.50 bits per heavy atom. The van der Waals surface area contributed by atoms with Crippen molar-refractivity contribution in [1.29, 1.82) is 0 Å². The molecule has 0 bridgehead atoms. The third-order valence-electron chi connectivity index (χ3n) is 12.6. The van der Waals surface area contributed by atoms with Crippen molar-refractivity contribution in [2.24, 2.45) is 10.8 Å². The van der Waals surface area contributed by atoms with Gasteiger partial charge in [-0.25, -0.2) is 19.9 Å². The number of rotatable bonds is 7. The van der Waals surface area contributed by atoms with E-state index < -0.39 is 5.97 Å². The molecule has 4 aliphatic rings. The van der Waals surface area contributed by atoms with Crippen molar-refractivity contribution < 1.29 is 14.3 Å². The summed E-state index contributed by atoms with van der Waals surface area (Å²) >= 11 is 7.02. The van der Waals surface area contributed by atoms with E-state index in [-0.39, 0.29) is 11.8 Å². The predicted octanol–water partition coefficient (Wildman–Crippen LogP) is 8.07. The largest absolute Gasteiger partial charge is 0.481 e. The zero-order chi connectivity index (χ0) is 35.6. The summed E-state index contributed by atoms with van der Waals surface area (Å²) < 4.78 is 6.18. The maximum absolute atomic E-state index is 12.3. The number of furan rings is 1. The molecule has 0 unspecified atom stereocenters. The number of halogens is 1. The number of fused-ring (bicyclic) bond motifs is 4. The van der Waals surface area contributed by atoms with Gasteiger partial charge in [-0.3, -0.25) is 9.69 Å². The lowest BCUT2D eigenvalue weighted by molar-refractivity contribution is -0.136. The van der Waals surface area contributed by atoms with Crippen molar-refractivity contribution in [3.63, 3.8) is 0 Å². The van der Waals surface area contributed by atoms with E-state index >= 15 is 0 Å². The number of piperidine rings is 2. The van der Waals surface area contributed by atoms with Crippen LogP contribution in [0.3, 0.4) is 0 Å². The molecule has 4 aromatic heterocycles. The monoisotopic (exact) mass is 719 g/mol. The molecular weight excluding hydrogens is 674 g/mol. The van der Waals surface area contributed by atoms with Crippen molar-refractivity contribution in [3.8, 4) is 11.1 Å². The molecule has 270 valence electrons. The van der Waals surface area contributed by atoms with Crippen LogP contribution in [0.1, 0.15) is 81.2 Å². The Kier molecular flexibility index (Phi) is 8.38. The van der Waals surface area contributed by atoms with Crippen LogP contribution in [-0.4, -0.2) is 68.6 Å². The summed E-state index contributed by atoms with van der Waals surface area (Å²) in [7, 11) is 0. The van der Waals surface area contributed by atoms with Gasteiger partial charge in [0.25, 0.3) is 0 Å². The Morgan fingerprint density at radius 1 is 0.942 bits per heavy atom. The zero-order valence-corrected chi connectivity index (χ0v) is 30.9. The molecule has 1 aromatic carbocycles. The highest BCUT2D eigenvalue weighted by molar-refractivity contribution is 6.31. The summed E-state index contributed by atoms with van der Waals surface area (Å²) in [6.45, 7) is 10.6. The first-order valence-corrected chi connectivity index (χ1v) is 19.3. The van der Waals surface area contributed by atoms with E-state index in [1.165, 1.54) is 43.2 Å². The lowest BCUT2D eigenvalue weighted by Gasteiger charge is -2.48. The first kappa shape index (κ1) is 33.5. The number of aliphatic carboxylic acids is 1. The third-order valence-corrected chi connectivity index (χ3v) is 12.9. The minimum atomic E-state index is -0.896. The van der Waals surface area contributed by atoms with Crippen molar-refractivity contribution in [1.82, 2.24) is 24.8 Å². The van der Waals surface area contributed by atoms with E-state index in [4.69, 9.17) is 21.0 Å². The topological polar surface area (TPSA) is 112 Å². The SMILES string of the molecule is CC1(C)CCN(c2c(CC(=O)O)c(Cl)nc(CN3CCC4(CCC4)CC3)c2-c2ccc3c(c2)CCN(c2ncnc4c2oc2ncccc24)C3)CC1. The summed E-state index contributed by atoms with van der Waals surface area (Å²) in [6, 6.07) is 10.6. The molecule has 11 heteroatoms. The number of pyridine rings is 2. The Morgan fingerprint density at radius 2 is 1.75 bits per heavy atom. The minimum Gasteiger partial charge on any atom is -0.481 e. The van der Waals surface area contributed by atoms with Gasteiger partial charge in [0.2, 0.25) is 5.71 Å². The number of carboxylic acid groups (broad SMARTS) is 1. The van der Waals surface area contributed by atoms with Gasteiger partial charge in [0.05, 0.1) is 23.2 Å². The average Bonchev–Trinajstić information content (AvgIpc) is 3.51. The van der Waals surface area contributed by atoms with Crippen molar-refractivity contribution >= 4 is 51.3 Å². The summed E-state index contributed by atoms with van der Waals surface area (Å²) in [5.41, 5.74) is 9.95. The van der Waals surface area contributed by atoms with E-state index in [9.17, 15) is 9.90 Å². The fraction of sp³-hybridized carbons (Fsp3) is 0.488. The first-order chi connectivity index (χ1) is 25.2. The molecule has 0 amide bonds. The number of carboxylic acids is 1. The fourth-order valence-electron chi connectivity index (χ4n) is 9.13. The van der Waals surface area contributed by atoms with Gasteiger partial charge in [0, 0.05) is 50.0 Å². The summed E-state index contributed by atoms with van der Waals surface area (Å²) in [6.07, 6.45) is 12.6. The van der Waals surface area contributed by atoms with Crippen LogP contribution in [0.2, 0.25) is 5.15 Å². The maximum atomic E-state index is 12.3. The summed E-state index contributed by atoms with van der Waals surface area (Å²) in [4.78, 5) is 38.2. The second kappa shape index (κ2) is 13.0. The highest BCUT2D eigenvalue weighted by atomic mass is 35.5. The van der Waals surface area contributed by atoms with Gasteiger partial charge in [-0.2, -0.15) is 0 Å². The van der Waals surface area contributed by atoms with Crippen LogP contribution in [0, 0.1) is 10.8 Å². The van der Waals surface area contributed by atoms with Gasteiger partial charge >= 0.3 is 5.97 Å². The summed E-state index contributed by atoms with van der Waals surface area (Å²) in [5.74, 6) is -0.117. The van der Waals surface area contributed by atoms with Gasteiger partial charge < -0.3 is 19.3 Å². The van der Waals surface area contributed by atoms with Crippen LogP contribution in [0.5, 0.6) is 0 Å². The van der Waals surface area contributed by atoms with Crippen LogP contribution < -0.4 is 9.80 Å². The number of benzene rings is 1. The standard InChI is InChI=1S/C41H46ClN7O3/c1-40(2)11-19-48(20-12-40)35-30(22-32(50)51)37(42)46-31(24-47-17-13-41(14-18-47)9-4-10-41)33(35)27-6-7-28-23-49(16-8-26(28)21-27)38-36-34(44-25-45-38)29-5-3-15-43-39(29)52-36/h3,5-7,15,21,25H,4,8-14,16-20,22-24H2,1-2H3,(H,50,51). The van der Waals surface area contributed by atoms with Gasteiger partial charge in [0.15, 0.2) is 11.4 Å². The summed E-state index contributed by atoms with van der Waals surface area (Å²) in [5, 5.41) is 11.3.